The van der Waals surface area contributed by atoms with Crippen LogP contribution in [-0.2, 0) is 9.59 Å². The smallest absolute Gasteiger partial charge is 0.342 e. The van der Waals surface area contributed by atoms with E-state index in [-0.39, 0.29) is 6.42 Å². The lowest BCUT2D eigenvalue weighted by molar-refractivity contribution is -0.167. The Morgan fingerprint density at radius 3 is 2.41 bits per heavy atom. The van der Waals surface area contributed by atoms with E-state index in [0.29, 0.717) is 4.90 Å². The van der Waals surface area contributed by atoms with E-state index in [1.165, 1.54) is 20.8 Å². The van der Waals surface area contributed by atoms with Crippen LogP contribution in [0.1, 0.15) is 27.2 Å². The molecule has 0 radical (unpaired) electrons. The van der Waals surface area contributed by atoms with Crippen molar-refractivity contribution in [3.8, 4) is 0 Å². The van der Waals surface area contributed by atoms with E-state index in [2.05, 4.69) is 5.32 Å². The molecule has 1 N–H and O–H groups in total. The molecule has 1 unspecified atom stereocenters. The van der Waals surface area contributed by atoms with E-state index in [1.807, 2.05) is 0 Å². The van der Waals surface area contributed by atoms with E-state index in [9.17, 15) is 22.8 Å². The summed E-state index contributed by atoms with van der Waals surface area (Å²) in [4.78, 5) is 24.0. The zero-order valence-electron chi connectivity index (χ0n) is 9.89. The number of carbonyl (C=O) groups excluding carboxylic acids is 2. The van der Waals surface area contributed by atoms with Crippen LogP contribution in [0.4, 0.5) is 13.2 Å². The molecule has 1 saturated heterocycles. The molecule has 0 aliphatic carbocycles. The van der Waals surface area contributed by atoms with Gasteiger partial charge in [0.1, 0.15) is 12.1 Å². The van der Waals surface area contributed by atoms with Crippen LogP contribution in [0.25, 0.3) is 0 Å². The summed E-state index contributed by atoms with van der Waals surface area (Å²) in [5, 5.41) is 2.42. The van der Waals surface area contributed by atoms with Gasteiger partial charge >= 0.3 is 6.18 Å². The minimum absolute atomic E-state index is 0.120. The standard InChI is InChI=1S/C10H15F3N2O2/c1-6-4-7(16)14-9(2,3)8(17)15(6)5-10(11,12)13/h6H,4-5H2,1-3H3,(H,14,16). The van der Waals surface area contributed by atoms with Crippen LogP contribution in [0, 0.1) is 0 Å². The first-order valence-corrected chi connectivity index (χ1v) is 5.22. The zero-order valence-corrected chi connectivity index (χ0v) is 9.89. The van der Waals surface area contributed by atoms with Gasteiger partial charge in [-0.15, -0.1) is 0 Å². The van der Waals surface area contributed by atoms with Gasteiger partial charge in [-0.25, -0.2) is 0 Å². The van der Waals surface area contributed by atoms with Crippen molar-refractivity contribution in [1.29, 1.82) is 0 Å². The average Bonchev–Trinajstić information content (AvgIpc) is 2.14. The van der Waals surface area contributed by atoms with E-state index in [0.717, 1.165) is 0 Å². The molecular weight excluding hydrogens is 237 g/mol. The molecule has 7 heteroatoms. The highest BCUT2D eigenvalue weighted by Crippen LogP contribution is 2.24. The van der Waals surface area contributed by atoms with Crippen molar-refractivity contribution in [3.05, 3.63) is 0 Å². The minimum atomic E-state index is -4.46. The van der Waals surface area contributed by atoms with Crippen molar-refractivity contribution in [1.82, 2.24) is 10.2 Å². The second kappa shape index (κ2) is 4.19. The Balaban J connectivity index is 3.00. The summed E-state index contributed by atoms with van der Waals surface area (Å²) in [6.45, 7) is 2.90. The average molecular weight is 252 g/mol. The fraction of sp³-hybridized carbons (Fsp3) is 0.800. The number of carbonyl (C=O) groups is 2. The molecule has 1 aliphatic rings. The normalized spacial score (nSPS) is 25.5. The Morgan fingerprint density at radius 2 is 1.94 bits per heavy atom. The largest absolute Gasteiger partial charge is 0.406 e. The molecule has 98 valence electrons. The van der Waals surface area contributed by atoms with Crippen molar-refractivity contribution in [2.24, 2.45) is 0 Å². The van der Waals surface area contributed by atoms with Crippen molar-refractivity contribution in [2.45, 2.75) is 44.9 Å². The fourth-order valence-electron chi connectivity index (χ4n) is 1.81. The SMILES string of the molecule is CC1CC(=O)NC(C)(C)C(=O)N1CC(F)(F)F. The van der Waals surface area contributed by atoms with Gasteiger partial charge in [0, 0.05) is 12.5 Å². The Bertz CT molecular complexity index is 339. The molecular formula is C10H15F3N2O2. The first-order valence-electron chi connectivity index (χ1n) is 5.22. The maximum Gasteiger partial charge on any atom is 0.406 e. The number of hydrogen-bond donors (Lipinski definition) is 1. The van der Waals surface area contributed by atoms with Gasteiger partial charge in [0.05, 0.1) is 0 Å². The molecule has 0 aromatic carbocycles. The summed E-state index contributed by atoms with van der Waals surface area (Å²) in [6, 6.07) is -0.758. The molecule has 0 aromatic rings. The van der Waals surface area contributed by atoms with Crippen LogP contribution in [0.15, 0.2) is 0 Å². The van der Waals surface area contributed by atoms with Gasteiger partial charge in [-0.2, -0.15) is 13.2 Å². The van der Waals surface area contributed by atoms with Gasteiger partial charge in [0.25, 0.3) is 0 Å². The molecule has 0 bridgehead atoms. The molecule has 0 saturated carbocycles. The number of nitrogens with one attached hydrogen (secondary N) is 1. The van der Waals surface area contributed by atoms with Crippen LogP contribution >= 0.6 is 0 Å². The van der Waals surface area contributed by atoms with Gasteiger partial charge < -0.3 is 10.2 Å². The third kappa shape index (κ3) is 3.34. The summed E-state index contributed by atoms with van der Waals surface area (Å²) in [7, 11) is 0. The number of alkyl halides is 3. The third-order valence-corrected chi connectivity index (χ3v) is 2.61. The summed E-state index contributed by atoms with van der Waals surface area (Å²) in [6.07, 6.45) is -4.58. The Labute approximate surface area is 97.1 Å². The van der Waals surface area contributed by atoms with Crippen molar-refractivity contribution < 1.29 is 22.8 Å². The first-order chi connectivity index (χ1) is 7.53. The van der Waals surface area contributed by atoms with E-state index in [1.54, 1.807) is 0 Å². The molecule has 0 spiro atoms. The minimum Gasteiger partial charge on any atom is -0.342 e. The lowest BCUT2D eigenvalue weighted by Gasteiger charge is -2.32. The number of halogens is 3. The highest BCUT2D eigenvalue weighted by atomic mass is 19.4. The van der Waals surface area contributed by atoms with Crippen LogP contribution in [0.2, 0.25) is 0 Å². The molecule has 1 heterocycles. The second-order valence-electron chi connectivity index (χ2n) is 4.77. The monoisotopic (exact) mass is 252 g/mol. The predicted molar refractivity (Wildman–Crippen MR) is 54.1 cm³/mol. The summed E-state index contributed by atoms with van der Waals surface area (Å²) < 4.78 is 37.1. The van der Waals surface area contributed by atoms with E-state index in [4.69, 9.17) is 0 Å². The first kappa shape index (κ1) is 13.8. The van der Waals surface area contributed by atoms with Crippen molar-refractivity contribution >= 4 is 11.8 Å². The molecule has 0 aromatic heterocycles. The number of amides is 2. The lowest BCUT2D eigenvalue weighted by atomic mass is 10.0. The van der Waals surface area contributed by atoms with Gasteiger partial charge in [-0.1, -0.05) is 0 Å². The quantitative estimate of drug-likeness (QED) is 0.758. The van der Waals surface area contributed by atoms with Gasteiger partial charge in [-0.05, 0) is 20.8 Å². The number of hydrogen-bond acceptors (Lipinski definition) is 2. The topological polar surface area (TPSA) is 49.4 Å². The number of rotatable bonds is 1. The highest BCUT2D eigenvalue weighted by molar-refractivity contribution is 5.93. The zero-order chi connectivity index (χ0) is 13.4. The number of nitrogens with zero attached hydrogens (tertiary/aromatic N) is 1. The van der Waals surface area contributed by atoms with E-state index >= 15 is 0 Å². The Hall–Kier alpha value is -1.27. The maximum atomic E-state index is 12.4. The van der Waals surface area contributed by atoms with Crippen LogP contribution in [-0.4, -0.2) is 41.0 Å². The Kier molecular flexibility index (Phi) is 3.40. The van der Waals surface area contributed by atoms with E-state index < -0.39 is 36.1 Å². The molecule has 1 atom stereocenters. The molecule has 4 nitrogen and oxygen atoms in total. The fourth-order valence-corrected chi connectivity index (χ4v) is 1.81. The van der Waals surface area contributed by atoms with Gasteiger partial charge in [0.2, 0.25) is 11.8 Å². The molecule has 2 amide bonds. The summed E-state index contributed by atoms with van der Waals surface area (Å²) >= 11 is 0. The summed E-state index contributed by atoms with van der Waals surface area (Å²) in [5.74, 6) is -1.13. The molecule has 1 fully saturated rings. The van der Waals surface area contributed by atoms with Gasteiger partial charge in [-0.3, -0.25) is 9.59 Å². The van der Waals surface area contributed by atoms with Crippen molar-refractivity contribution in [3.63, 3.8) is 0 Å². The third-order valence-electron chi connectivity index (χ3n) is 2.61. The van der Waals surface area contributed by atoms with Gasteiger partial charge in [0.15, 0.2) is 0 Å². The van der Waals surface area contributed by atoms with Crippen LogP contribution in [0.5, 0.6) is 0 Å². The molecule has 1 rings (SSSR count). The van der Waals surface area contributed by atoms with Crippen LogP contribution in [0.3, 0.4) is 0 Å². The summed E-state index contributed by atoms with van der Waals surface area (Å²) in [5.41, 5.74) is -1.30. The predicted octanol–water partition coefficient (Wildman–Crippen LogP) is 1.06. The van der Waals surface area contributed by atoms with Crippen LogP contribution < -0.4 is 5.32 Å². The second-order valence-corrected chi connectivity index (χ2v) is 4.77. The maximum absolute atomic E-state index is 12.4. The van der Waals surface area contributed by atoms with Crippen molar-refractivity contribution in [2.75, 3.05) is 6.54 Å². The molecule has 1 aliphatic heterocycles. The molecule has 17 heavy (non-hydrogen) atoms. The highest BCUT2D eigenvalue weighted by Gasteiger charge is 2.43. The Morgan fingerprint density at radius 1 is 1.41 bits per heavy atom. The lowest BCUT2D eigenvalue weighted by Crippen LogP contribution is -2.55.